The van der Waals surface area contributed by atoms with Crippen molar-refractivity contribution in [3.8, 4) is 11.4 Å². The highest BCUT2D eigenvalue weighted by Gasteiger charge is 1.99. The van der Waals surface area contributed by atoms with E-state index in [0.717, 1.165) is 11.3 Å². The Kier molecular flexibility index (Phi) is 1.96. The number of aromatic nitrogens is 4. The fraction of sp³-hybridized carbons (Fsp3) is 0.111. The molecule has 0 atom stereocenters. The monoisotopic (exact) mass is 172 g/mol. The summed E-state index contributed by atoms with van der Waals surface area (Å²) in [6, 6.07) is 3.71. The molecule has 2 heterocycles. The van der Waals surface area contributed by atoms with Gasteiger partial charge < -0.3 is 0 Å². The van der Waals surface area contributed by atoms with E-state index in [1.807, 2.05) is 19.1 Å². The summed E-state index contributed by atoms with van der Waals surface area (Å²) in [6.07, 6.45) is 5.11. The van der Waals surface area contributed by atoms with Gasteiger partial charge in [-0.1, -0.05) is 0 Å². The summed E-state index contributed by atoms with van der Waals surface area (Å²) in [7, 11) is 0. The average molecular weight is 172 g/mol. The van der Waals surface area contributed by atoms with Crippen LogP contribution in [0.5, 0.6) is 0 Å². The Morgan fingerprint density at radius 1 is 1.08 bits per heavy atom. The minimum Gasteiger partial charge on any atom is -0.265 e. The molecule has 13 heavy (non-hydrogen) atoms. The number of pyridine rings is 1. The van der Waals surface area contributed by atoms with Gasteiger partial charge in [0.25, 0.3) is 0 Å². The molecule has 0 bridgehead atoms. The van der Waals surface area contributed by atoms with Gasteiger partial charge in [0.05, 0.1) is 11.9 Å². The van der Waals surface area contributed by atoms with E-state index in [2.05, 4.69) is 20.2 Å². The first-order chi connectivity index (χ1) is 6.36. The molecule has 0 saturated heterocycles. The zero-order valence-corrected chi connectivity index (χ0v) is 7.18. The molecule has 0 amide bonds. The van der Waals surface area contributed by atoms with Crippen molar-refractivity contribution in [2.45, 2.75) is 6.92 Å². The lowest BCUT2D eigenvalue weighted by molar-refractivity contribution is 0.934. The summed E-state index contributed by atoms with van der Waals surface area (Å²) in [5.74, 6) is 0.632. The molecule has 0 N–H and O–H groups in total. The molecule has 0 fully saturated rings. The van der Waals surface area contributed by atoms with Crippen molar-refractivity contribution in [3.63, 3.8) is 0 Å². The zero-order valence-electron chi connectivity index (χ0n) is 7.18. The predicted molar refractivity (Wildman–Crippen MR) is 47.8 cm³/mol. The van der Waals surface area contributed by atoms with Crippen LogP contribution in [0.3, 0.4) is 0 Å². The van der Waals surface area contributed by atoms with E-state index in [4.69, 9.17) is 0 Å². The van der Waals surface area contributed by atoms with Gasteiger partial charge in [-0.25, -0.2) is 4.98 Å². The molecule has 2 rings (SSSR count). The van der Waals surface area contributed by atoms with Gasteiger partial charge in [0.15, 0.2) is 5.82 Å². The second-order valence-corrected chi connectivity index (χ2v) is 2.66. The second-order valence-electron chi connectivity index (χ2n) is 2.66. The van der Waals surface area contributed by atoms with Crippen LogP contribution in [-0.4, -0.2) is 20.2 Å². The molecule has 2 aromatic rings. The topological polar surface area (TPSA) is 51.6 Å². The highest BCUT2D eigenvalue weighted by molar-refractivity contribution is 5.52. The Labute approximate surface area is 75.7 Å². The van der Waals surface area contributed by atoms with Gasteiger partial charge in [-0.15, -0.1) is 5.10 Å². The van der Waals surface area contributed by atoms with Crippen LogP contribution in [0, 0.1) is 6.92 Å². The highest BCUT2D eigenvalue weighted by Crippen LogP contribution is 2.10. The van der Waals surface area contributed by atoms with Gasteiger partial charge in [-0.05, 0) is 19.1 Å². The molecular weight excluding hydrogens is 164 g/mol. The number of hydrogen-bond donors (Lipinski definition) is 0. The fourth-order valence-corrected chi connectivity index (χ4v) is 0.966. The largest absolute Gasteiger partial charge is 0.265 e. The molecule has 0 saturated carbocycles. The van der Waals surface area contributed by atoms with Crippen LogP contribution in [0.25, 0.3) is 11.4 Å². The third-order valence-corrected chi connectivity index (χ3v) is 1.61. The van der Waals surface area contributed by atoms with E-state index >= 15 is 0 Å². The minimum absolute atomic E-state index is 0.632. The van der Waals surface area contributed by atoms with Gasteiger partial charge >= 0.3 is 0 Å². The maximum atomic E-state index is 4.15. The number of hydrogen-bond acceptors (Lipinski definition) is 4. The van der Waals surface area contributed by atoms with Gasteiger partial charge in [-0.3, -0.25) is 4.98 Å². The van der Waals surface area contributed by atoms with Crippen LogP contribution in [0.15, 0.2) is 30.7 Å². The SMILES string of the molecule is Cc1cnc(-c2ccncc2)nn1. The fourth-order valence-electron chi connectivity index (χ4n) is 0.966. The Bertz CT molecular complexity index is 382. The van der Waals surface area contributed by atoms with E-state index in [1.165, 1.54) is 0 Å². The van der Waals surface area contributed by atoms with Crippen LogP contribution >= 0.6 is 0 Å². The number of rotatable bonds is 1. The smallest absolute Gasteiger partial charge is 0.181 e. The Morgan fingerprint density at radius 3 is 2.46 bits per heavy atom. The van der Waals surface area contributed by atoms with Crippen LogP contribution in [-0.2, 0) is 0 Å². The summed E-state index contributed by atoms with van der Waals surface area (Å²) < 4.78 is 0. The van der Waals surface area contributed by atoms with Crippen molar-refractivity contribution in [2.24, 2.45) is 0 Å². The lowest BCUT2D eigenvalue weighted by Gasteiger charge is -1.96. The minimum atomic E-state index is 0.632. The quantitative estimate of drug-likeness (QED) is 0.649. The average Bonchev–Trinajstić information content (AvgIpc) is 2.20. The summed E-state index contributed by atoms with van der Waals surface area (Å²) in [5.41, 5.74) is 1.75. The first-order valence-corrected chi connectivity index (χ1v) is 3.93. The molecule has 0 aliphatic carbocycles. The summed E-state index contributed by atoms with van der Waals surface area (Å²) in [4.78, 5) is 8.06. The van der Waals surface area contributed by atoms with Crippen molar-refractivity contribution < 1.29 is 0 Å². The molecule has 0 aromatic carbocycles. The van der Waals surface area contributed by atoms with Crippen LogP contribution in [0.1, 0.15) is 5.69 Å². The van der Waals surface area contributed by atoms with Crippen molar-refractivity contribution in [2.75, 3.05) is 0 Å². The third kappa shape index (κ3) is 1.66. The van der Waals surface area contributed by atoms with Crippen molar-refractivity contribution in [1.29, 1.82) is 0 Å². The van der Waals surface area contributed by atoms with E-state index in [-0.39, 0.29) is 0 Å². The van der Waals surface area contributed by atoms with Gasteiger partial charge in [-0.2, -0.15) is 5.10 Å². The van der Waals surface area contributed by atoms with Crippen LogP contribution in [0.2, 0.25) is 0 Å². The Balaban J connectivity index is 2.42. The van der Waals surface area contributed by atoms with Gasteiger partial charge in [0.2, 0.25) is 0 Å². The molecule has 0 radical (unpaired) electrons. The predicted octanol–water partition coefficient (Wildman–Crippen LogP) is 1.24. The zero-order chi connectivity index (χ0) is 9.10. The van der Waals surface area contributed by atoms with Gasteiger partial charge in [0.1, 0.15) is 0 Å². The lowest BCUT2D eigenvalue weighted by atomic mass is 10.2. The molecule has 4 heteroatoms. The first kappa shape index (κ1) is 7.79. The normalized spacial score (nSPS) is 9.92. The standard InChI is InChI=1S/C9H8N4/c1-7-6-11-9(13-12-7)8-2-4-10-5-3-8/h2-6H,1H3. The molecule has 0 spiro atoms. The maximum Gasteiger partial charge on any atom is 0.181 e. The summed E-state index contributed by atoms with van der Waals surface area (Å²) in [6.45, 7) is 1.86. The Hall–Kier alpha value is -1.84. The van der Waals surface area contributed by atoms with Crippen LogP contribution < -0.4 is 0 Å². The lowest BCUT2D eigenvalue weighted by Crippen LogP contribution is -1.93. The molecule has 4 nitrogen and oxygen atoms in total. The summed E-state index contributed by atoms with van der Waals surface area (Å²) >= 11 is 0. The van der Waals surface area contributed by atoms with Crippen LogP contribution in [0.4, 0.5) is 0 Å². The van der Waals surface area contributed by atoms with Gasteiger partial charge in [0, 0.05) is 18.0 Å². The molecule has 0 unspecified atom stereocenters. The van der Waals surface area contributed by atoms with Crippen molar-refractivity contribution in [1.82, 2.24) is 20.2 Å². The molecule has 2 aromatic heterocycles. The van der Waals surface area contributed by atoms with E-state index in [1.54, 1.807) is 18.6 Å². The number of aryl methyl sites for hydroxylation is 1. The molecular formula is C9H8N4. The van der Waals surface area contributed by atoms with E-state index in [0.29, 0.717) is 5.82 Å². The highest BCUT2D eigenvalue weighted by atomic mass is 15.1. The molecule has 0 aliphatic rings. The summed E-state index contributed by atoms with van der Waals surface area (Å²) in [5, 5.41) is 7.88. The third-order valence-electron chi connectivity index (χ3n) is 1.61. The Morgan fingerprint density at radius 2 is 1.85 bits per heavy atom. The van der Waals surface area contributed by atoms with Crippen molar-refractivity contribution in [3.05, 3.63) is 36.4 Å². The second kappa shape index (κ2) is 3.26. The van der Waals surface area contributed by atoms with Crippen molar-refractivity contribution >= 4 is 0 Å². The maximum absolute atomic E-state index is 4.15. The van der Waals surface area contributed by atoms with E-state index < -0.39 is 0 Å². The number of nitrogens with zero attached hydrogens (tertiary/aromatic N) is 4. The molecule has 0 aliphatic heterocycles. The van der Waals surface area contributed by atoms with E-state index in [9.17, 15) is 0 Å². The molecule has 64 valence electrons. The first-order valence-electron chi connectivity index (χ1n) is 3.93.